The maximum absolute atomic E-state index is 13.4. The molecular weight excluding hydrogens is 875 g/mol. The fourth-order valence-electron chi connectivity index (χ4n) is 9.50. The molecule has 372 valence electrons. The van der Waals surface area contributed by atoms with Crippen LogP contribution in [0.3, 0.4) is 0 Å². The van der Waals surface area contributed by atoms with Gasteiger partial charge >= 0.3 is 7.12 Å². The Labute approximate surface area is 399 Å². The average Bonchev–Trinajstić information content (AvgIpc) is 3.66. The minimum atomic E-state index is -1.50. The van der Waals surface area contributed by atoms with Gasteiger partial charge in [0.2, 0.25) is 35.4 Å². The van der Waals surface area contributed by atoms with Crippen molar-refractivity contribution in [3.05, 3.63) is 59.7 Å². The highest BCUT2D eigenvalue weighted by Crippen LogP contribution is 2.65. The summed E-state index contributed by atoms with van der Waals surface area (Å²) >= 11 is 0. The number of carbonyl (C=O) groups excluding carboxylic acids is 7. The molecule has 1 heterocycles. The third-order valence-corrected chi connectivity index (χ3v) is 13.8. The Morgan fingerprint density at radius 2 is 1.43 bits per heavy atom. The number of rotatable bonds is 24. The molecule has 3 aliphatic carbocycles. The first kappa shape index (κ1) is 53.5. The van der Waals surface area contributed by atoms with Crippen LogP contribution in [-0.2, 0) is 44.5 Å². The van der Waals surface area contributed by atoms with Crippen LogP contribution in [0.4, 0.5) is 0 Å². The van der Waals surface area contributed by atoms with Gasteiger partial charge in [-0.2, -0.15) is 0 Å². The highest BCUT2D eigenvalue weighted by molar-refractivity contribution is 6.47. The fourth-order valence-corrected chi connectivity index (χ4v) is 9.50. The minimum Gasteiger partial charge on any atom is -0.404 e. The van der Waals surface area contributed by atoms with E-state index in [2.05, 4.69) is 70.1 Å². The van der Waals surface area contributed by atoms with Crippen molar-refractivity contribution in [1.82, 2.24) is 37.2 Å². The number of nitrogens with one attached hydrogen (secondary N) is 7. The van der Waals surface area contributed by atoms with Crippen LogP contribution in [0.25, 0.3) is 11.1 Å². The molecule has 0 spiro atoms. The van der Waals surface area contributed by atoms with Crippen LogP contribution in [-0.4, -0.2) is 132 Å². The maximum Gasteiger partial charge on any atom is 0.481 e. The molecule has 20 heteroatoms. The maximum atomic E-state index is 13.4. The number of aryl methyl sites for hydroxylation is 1. The van der Waals surface area contributed by atoms with Gasteiger partial charge in [-0.3, -0.25) is 33.6 Å². The van der Waals surface area contributed by atoms with Crippen molar-refractivity contribution < 1.29 is 53.1 Å². The SMILES string of the molecule is CCCCc1ccc(-c2ccc(C(=O)N[C@H](CO)C(=O)N[C@H](C)CNCC(=O)N[C@H](C(=O)N[C@@H](C)C(=O)N[C@@H](CC(N)=O)C(=O)N[C@@H](C)B3O[C@@H]4C[C@@H]5C[C@@H](C5(C)C)[C@]4(C)O3)C(C)O)cc2)cc1. The Kier molecular flexibility index (Phi) is 18.3. The molecule has 1 aliphatic heterocycles. The summed E-state index contributed by atoms with van der Waals surface area (Å²) in [6, 6.07) is 9.15. The summed E-state index contributed by atoms with van der Waals surface area (Å²) in [5.74, 6) is -5.05. The molecule has 4 aliphatic rings. The van der Waals surface area contributed by atoms with Gasteiger partial charge < -0.3 is 62.5 Å². The van der Waals surface area contributed by atoms with Crippen molar-refractivity contribution in [3.8, 4) is 11.1 Å². The lowest BCUT2D eigenvalue weighted by Gasteiger charge is -2.64. The monoisotopic (exact) mass is 947 g/mol. The van der Waals surface area contributed by atoms with Gasteiger partial charge in [0.15, 0.2) is 0 Å². The zero-order valence-electron chi connectivity index (χ0n) is 40.5. The zero-order valence-corrected chi connectivity index (χ0v) is 40.5. The first-order valence-electron chi connectivity index (χ1n) is 23.7. The molecule has 2 aromatic carbocycles. The van der Waals surface area contributed by atoms with E-state index in [1.54, 1.807) is 26.0 Å². The number of aliphatic hydroxyl groups is 2. The van der Waals surface area contributed by atoms with Crippen LogP contribution in [0.5, 0.6) is 0 Å². The largest absolute Gasteiger partial charge is 0.481 e. The van der Waals surface area contributed by atoms with Crippen molar-refractivity contribution in [2.45, 2.75) is 148 Å². The first-order chi connectivity index (χ1) is 32.1. The van der Waals surface area contributed by atoms with Gasteiger partial charge in [-0.15, -0.1) is 0 Å². The van der Waals surface area contributed by atoms with E-state index in [0.717, 1.165) is 43.2 Å². The van der Waals surface area contributed by atoms with E-state index < -0.39 is 109 Å². The number of hydrogen-bond donors (Lipinski definition) is 10. The summed E-state index contributed by atoms with van der Waals surface area (Å²) < 4.78 is 12.7. The Morgan fingerprint density at radius 3 is 2.01 bits per heavy atom. The number of aliphatic hydroxyl groups excluding tert-OH is 2. The number of hydrogen-bond acceptors (Lipinski definition) is 12. The molecule has 11 atom stereocenters. The molecule has 0 aromatic heterocycles. The minimum absolute atomic E-state index is 0.0632. The lowest BCUT2D eigenvalue weighted by Crippen LogP contribution is -2.65. The van der Waals surface area contributed by atoms with Crippen LogP contribution < -0.4 is 43.0 Å². The number of primary amides is 1. The average molecular weight is 947 g/mol. The molecule has 19 nitrogen and oxygen atoms in total. The summed E-state index contributed by atoms with van der Waals surface area (Å²) in [7, 11) is -0.759. The van der Waals surface area contributed by atoms with Crippen LogP contribution in [0.1, 0.15) is 103 Å². The Hall–Kier alpha value is -5.41. The molecule has 0 radical (unpaired) electrons. The van der Waals surface area contributed by atoms with E-state index in [1.165, 1.54) is 19.4 Å². The van der Waals surface area contributed by atoms with E-state index in [4.69, 9.17) is 15.0 Å². The number of nitrogens with two attached hydrogens (primary N) is 1. The van der Waals surface area contributed by atoms with Gasteiger partial charge in [-0.05, 0) is 106 Å². The predicted molar refractivity (Wildman–Crippen MR) is 254 cm³/mol. The molecule has 1 saturated heterocycles. The summed E-state index contributed by atoms with van der Waals surface area (Å²) in [6.45, 7) is 13.7. The molecule has 1 unspecified atom stereocenters. The van der Waals surface area contributed by atoms with E-state index in [0.29, 0.717) is 17.4 Å². The molecule has 4 fully saturated rings. The van der Waals surface area contributed by atoms with Gasteiger partial charge in [0.25, 0.3) is 5.91 Å². The molecule has 3 saturated carbocycles. The lowest BCUT2D eigenvalue weighted by molar-refractivity contribution is -0.199. The fraction of sp³-hybridized carbons (Fsp3) is 0.604. The van der Waals surface area contributed by atoms with Gasteiger partial charge in [0.05, 0.1) is 43.3 Å². The summed E-state index contributed by atoms with van der Waals surface area (Å²) in [5, 5.41) is 38.4. The number of unbranched alkanes of at least 4 members (excludes halogenated alkanes) is 1. The Bertz CT molecular complexity index is 2130. The van der Waals surface area contributed by atoms with Crippen molar-refractivity contribution in [3.63, 3.8) is 0 Å². The topological polar surface area (TPSA) is 289 Å². The van der Waals surface area contributed by atoms with E-state index >= 15 is 0 Å². The molecule has 7 amide bonds. The van der Waals surface area contributed by atoms with Gasteiger partial charge in [0, 0.05) is 18.2 Å². The molecule has 2 aromatic rings. The quantitative estimate of drug-likeness (QED) is 0.0640. The molecule has 6 rings (SSSR count). The van der Waals surface area contributed by atoms with Gasteiger partial charge in [-0.25, -0.2) is 0 Å². The lowest BCUT2D eigenvalue weighted by atomic mass is 9.43. The smallest absolute Gasteiger partial charge is 0.404 e. The van der Waals surface area contributed by atoms with Gasteiger partial charge in [0.1, 0.15) is 24.2 Å². The highest BCUT2D eigenvalue weighted by atomic mass is 16.7. The van der Waals surface area contributed by atoms with Crippen molar-refractivity contribution in [2.75, 3.05) is 19.7 Å². The number of amides is 7. The highest BCUT2D eigenvalue weighted by Gasteiger charge is 2.68. The number of benzene rings is 2. The van der Waals surface area contributed by atoms with Gasteiger partial charge in [-0.1, -0.05) is 63.6 Å². The Balaban J connectivity index is 1.03. The number of carbonyl (C=O) groups is 7. The third kappa shape index (κ3) is 13.2. The summed E-state index contributed by atoms with van der Waals surface area (Å²) in [6.07, 6.45) is 3.09. The molecule has 2 bridgehead atoms. The second-order valence-corrected chi connectivity index (χ2v) is 19.5. The second-order valence-electron chi connectivity index (χ2n) is 19.5. The van der Waals surface area contributed by atoms with Crippen molar-refractivity contribution in [1.29, 1.82) is 0 Å². The van der Waals surface area contributed by atoms with E-state index in [9.17, 15) is 43.8 Å². The summed E-state index contributed by atoms with van der Waals surface area (Å²) in [5.41, 5.74) is 8.53. The summed E-state index contributed by atoms with van der Waals surface area (Å²) in [4.78, 5) is 90.7. The molecular formula is C48H71BN8O11. The first-order valence-corrected chi connectivity index (χ1v) is 23.7. The second kappa shape index (κ2) is 23.3. The normalized spacial score (nSPS) is 23.1. The van der Waals surface area contributed by atoms with Crippen LogP contribution >= 0.6 is 0 Å². The third-order valence-electron chi connectivity index (χ3n) is 13.8. The van der Waals surface area contributed by atoms with Crippen LogP contribution in [0.15, 0.2) is 48.5 Å². The van der Waals surface area contributed by atoms with Crippen LogP contribution in [0, 0.1) is 17.3 Å². The van der Waals surface area contributed by atoms with E-state index in [1.807, 2.05) is 31.2 Å². The Morgan fingerprint density at radius 1 is 0.794 bits per heavy atom. The van der Waals surface area contributed by atoms with Crippen molar-refractivity contribution >= 4 is 48.5 Å². The van der Waals surface area contributed by atoms with Crippen LogP contribution in [0.2, 0.25) is 0 Å². The molecule has 68 heavy (non-hydrogen) atoms. The standard InChI is InChI=1S/C48H71BN8O11/c1-9-10-11-30-12-14-31(15-13-30)32-16-18-33(19-17-32)43(63)56-36(25-58)45(65)52-26(2)23-51-24-40(61)57-41(28(4)59)46(66)53-27(3)42(62)55-35(22-39(50)60)44(64)54-29(5)49-67-38-21-34-20-37(47(34,6)7)48(38,8)68-49/h12-19,26-29,34-38,41,51,58-59H,9-11,20-25H2,1-8H3,(H2,50,60)(H,52,65)(H,53,66)(H,54,64)(H,55,62)(H,56,63)(H,57,61)/t26-,27+,28?,29+,34+,35+,36-,37+,38-,41+,48+/m1/s1. The predicted octanol–water partition coefficient (Wildman–Crippen LogP) is 0.384. The van der Waals surface area contributed by atoms with E-state index in [-0.39, 0.29) is 24.6 Å². The molecule has 11 N–H and O–H groups in total. The zero-order chi connectivity index (χ0) is 50.1. The van der Waals surface area contributed by atoms with Crippen molar-refractivity contribution in [2.24, 2.45) is 23.0 Å².